The normalized spacial score (nSPS) is 26.2. The van der Waals surface area contributed by atoms with Crippen LogP contribution < -0.4 is 0 Å². The van der Waals surface area contributed by atoms with Crippen LogP contribution >= 0.6 is 0 Å². The van der Waals surface area contributed by atoms with Crippen LogP contribution in [0.25, 0.3) is 0 Å². The van der Waals surface area contributed by atoms with Crippen LogP contribution in [0.3, 0.4) is 0 Å². The number of aliphatic hydroxyl groups is 1. The van der Waals surface area contributed by atoms with Crippen molar-refractivity contribution in [2.24, 2.45) is 5.41 Å². The van der Waals surface area contributed by atoms with E-state index in [1.54, 1.807) is 4.90 Å². The number of hydrogen-bond donors (Lipinski definition) is 1. The summed E-state index contributed by atoms with van der Waals surface area (Å²) in [5, 5.41) is 10.5. The van der Waals surface area contributed by atoms with E-state index >= 15 is 0 Å². The molecule has 1 aliphatic heterocycles. The van der Waals surface area contributed by atoms with E-state index in [-0.39, 0.29) is 11.5 Å². The second-order valence-electron chi connectivity index (χ2n) is 6.93. The number of amides is 1. The van der Waals surface area contributed by atoms with Crippen LogP contribution in [0.15, 0.2) is 0 Å². The maximum absolute atomic E-state index is 11.9. The summed E-state index contributed by atoms with van der Waals surface area (Å²) in [6.07, 6.45) is 0.271. The monoisotopic (exact) mass is 243 g/mol. The van der Waals surface area contributed by atoms with Gasteiger partial charge in [-0.15, -0.1) is 0 Å². The number of rotatable bonds is 0. The van der Waals surface area contributed by atoms with Crippen molar-refractivity contribution in [1.82, 2.24) is 4.90 Å². The first kappa shape index (κ1) is 14.3. The third-order valence-corrected chi connectivity index (χ3v) is 3.30. The van der Waals surface area contributed by atoms with Gasteiger partial charge in [-0.2, -0.15) is 0 Å². The van der Waals surface area contributed by atoms with Gasteiger partial charge in [0.1, 0.15) is 5.60 Å². The highest BCUT2D eigenvalue weighted by molar-refractivity contribution is 5.68. The van der Waals surface area contributed by atoms with Crippen molar-refractivity contribution in [2.75, 3.05) is 13.1 Å². The Morgan fingerprint density at radius 2 is 1.76 bits per heavy atom. The molecule has 1 saturated heterocycles. The van der Waals surface area contributed by atoms with Crippen molar-refractivity contribution >= 4 is 6.09 Å². The molecule has 0 aliphatic carbocycles. The maximum atomic E-state index is 11.9. The molecule has 17 heavy (non-hydrogen) atoms. The summed E-state index contributed by atoms with van der Waals surface area (Å²) in [7, 11) is 0. The van der Waals surface area contributed by atoms with Crippen LogP contribution in [0.5, 0.6) is 0 Å². The molecule has 1 fully saturated rings. The first-order valence-electron chi connectivity index (χ1n) is 6.15. The molecular formula is C13H25NO3. The molecule has 0 saturated carbocycles. The Morgan fingerprint density at radius 3 is 2.12 bits per heavy atom. The van der Waals surface area contributed by atoms with E-state index in [4.69, 9.17) is 4.74 Å². The first-order chi connectivity index (χ1) is 7.45. The zero-order valence-corrected chi connectivity index (χ0v) is 11.8. The molecule has 100 valence electrons. The van der Waals surface area contributed by atoms with Gasteiger partial charge in [-0.1, -0.05) is 20.8 Å². The first-order valence-corrected chi connectivity index (χ1v) is 6.15. The number of nitrogens with zero attached hydrogens (tertiary/aromatic N) is 1. The van der Waals surface area contributed by atoms with E-state index in [0.717, 1.165) is 0 Å². The molecule has 1 amide bonds. The second kappa shape index (κ2) is 4.16. The number of likely N-dealkylation sites (tertiary alicyclic amines) is 1. The van der Waals surface area contributed by atoms with Gasteiger partial charge in [0.2, 0.25) is 0 Å². The third kappa shape index (κ3) is 3.35. The molecule has 1 rings (SSSR count). The van der Waals surface area contributed by atoms with Crippen molar-refractivity contribution in [2.45, 2.75) is 59.2 Å². The molecule has 0 aromatic carbocycles. The third-order valence-electron chi connectivity index (χ3n) is 3.30. The van der Waals surface area contributed by atoms with Crippen molar-refractivity contribution in [1.29, 1.82) is 0 Å². The van der Waals surface area contributed by atoms with Crippen LogP contribution in [-0.4, -0.2) is 40.4 Å². The van der Waals surface area contributed by atoms with E-state index in [0.29, 0.717) is 19.5 Å². The highest BCUT2D eigenvalue weighted by atomic mass is 16.6. The summed E-state index contributed by atoms with van der Waals surface area (Å²) in [5.41, 5.74) is -1.53. The minimum atomic E-state index is -0.816. The number of β-amino-alcohol motifs (C(OH)–C–C–N with tert-alkyl or cyclic N) is 1. The maximum Gasteiger partial charge on any atom is 0.410 e. The van der Waals surface area contributed by atoms with Gasteiger partial charge in [-0.05, 0) is 32.6 Å². The highest BCUT2D eigenvalue weighted by Crippen LogP contribution is 2.38. The van der Waals surface area contributed by atoms with Crippen LogP contribution in [0, 0.1) is 5.41 Å². The molecule has 0 aromatic heterocycles. The van der Waals surface area contributed by atoms with Gasteiger partial charge < -0.3 is 14.7 Å². The Hall–Kier alpha value is -0.770. The Bertz CT molecular complexity index is 301. The SMILES string of the molecule is CC(C)(C)OC(=O)N1CCC(O)(C(C)(C)C)C1. The summed E-state index contributed by atoms with van der Waals surface area (Å²) in [5.74, 6) is 0. The molecule has 0 radical (unpaired) electrons. The molecule has 1 heterocycles. The number of carbonyl (C=O) groups excluding carboxylic acids is 1. The molecular weight excluding hydrogens is 218 g/mol. The van der Waals surface area contributed by atoms with Gasteiger partial charge in [0.05, 0.1) is 12.1 Å². The van der Waals surface area contributed by atoms with Gasteiger partial charge in [0, 0.05) is 6.54 Å². The minimum absolute atomic E-state index is 0.232. The standard InChI is InChI=1S/C13H25NO3/c1-11(2,3)13(16)7-8-14(9-13)10(15)17-12(4,5)6/h16H,7-9H2,1-6H3. The van der Waals surface area contributed by atoms with Crippen LogP contribution in [0.1, 0.15) is 48.0 Å². The average Bonchev–Trinajstić information content (AvgIpc) is 2.44. The number of hydrogen-bond acceptors (Lipinski definition) is 3. The highest BCUT2D eigenvalue weighted by Gasteiger charge is 2.47. The average molecular weight is 243 g/mol. The van der Waals surface area contributed by atoms with E-state index in [9.17, 15) is 9.90 Å². The van der Waals surface area contributed by atoms with Crippen LogP contribution in [0.2, 0.25) is 0 Å². The van der Waals surface area contributed by atoms with Gasteiger partial charge in [0.15, 0.2) is 0 Å². The molecule has 0 spiro atoms. The molecule has 0 aromatic rings. The quantitative estimate of drug-likeness (QED) is 0.710. The van der Waals surface area contributed by atoms with Crippen LogP contribution in [0.4, 0.5) is 4.79 Å². The largest absolute Gasteiger partial charge is 0.444 e. The van der Waals surface area contributed by atoms with E-state index in [1.165, 1.54) is 0 Å². The lowest BCUT2D eigenvalue weighted by molar-refractivity contribution is -0.0496. The summed E-state index contributed by atoms with van der Waals surface area (Å²) >= 11 is 0. The van der Waals surface area contributed by atoms with Crippen molar-refractivity contribution in [3.63, 3.8) is 0 Å². The van der Waals surface area contributed by atoms with Crippen molar-refractivity contribution < 1.29 is 14.6 Å². The van der Waals surface area contributed by atoms with Gasteiger partial charge in [-0.3, -0.25) is 0 Å². The lowest BCUT2D eigenvalue weighted by atomic mass is 9.76. The van der Waals surface area contributed by atoms with E-state index in [1.807, 2.05) is 41.5 Å². The van der Waals surface area contributed by atoms with Gasteiger partial charge in [0.25, 0.3) is 0 Å². The fourth-order valence-electron chi connectivity index (χ4n) is 1.89. The lowest BCUT2D eigenvalue weighted by Gasteiger charge is -2.36. The zero-order chi connectivity index (χ0) is 13.5. The molecule has 1 unspecified atom stereocenters. The fraction of sp³-hybridized carbons (Fsp3) is 0.923. The van der Waals surface area contributed by atoms with Gasteiger partial charge >= 0.3 is 6.09 Å². The molecule has 4 nitrogen and oxygen atoms in total. The Balaban J connectivity index is 2.65. The molecule has 0 bridgehead atoms. The van der Waals surface area contributed by atoms with Crippen molar-refractivity contribution in [3.05, 3.63) is 0 Å². The van der Waals surface area contributed by atoms with E-state index < -0.39 is 11.2 Å². The summed E-state index contributed by atoms with van der Waals surface area (Å²) in [4.78, 5) is 13.5. The van der Waals surface area contributed by atoms with Gasteiger partial charge in [-0.25, -0.2) is 4.79 Å². The number of ether oxygens (including phenoxy) is 1. The fourth-order valence-corrected chi connectivity index (χ4v) is 1.89. The lowest BCUT2D eigenvalue weighted by Crippen LogP contribution is -2.46. The van der Waals surface area contributed by atoms with Crippen molar-refractivity contribution in [3.8, 4) is 0 Å². The summed E-state index contributed by atoms with van der Waals surface area (Å²) < 4.78 is 5.30. The Morgan fingerprint density at radius 1 is 1.24 bits per heavy atom. The van der Waals surface area contributed by atoms with E-state index in [2.05, 4.69) is 0 Å². The predicted molar refractivity (Wildman–Crippen MR) is 66.8 cm³/mol. The molecule has 1 aliphatic rings. The number of carbonyl (C=O) groups is 1. The second-order valence-corrected chi connectivity index (χ2v) is 6.93. The minimum Gasteiger partial charge on any atom is -0.444 e. The zero-order valence-electron chi connectivity index (χ0n) is 11.8. The molecule has 1 N–H and O–H groups in total. The summed E-state index contributed by atoms with van der Waals surface area (Å²) in [6.45, 7) is 12.4. The predicted octanol–water partition coefficient (Wildman–Crippen LogP) is 2.40. The van der Waals surface area contributed by atoms with Crippen LogP contribution in [-0.2, 0) is 4.74 Å². The summed E-state index contributed by atoms with van der Waals surface area (Å²) in [6, 6.07) is 0. The smallest absolute Gasteiger partial charge is 0.410 e. The topological polar surface area (TPSA) is 49.8 Å². The molecule has 1 atom stereocenters. The molecule has 4 heteroatoms. The Kier molecular flexibility index (Phi) is 3.50. The Labute approximate surface area is 104 Å².